The number of carbonyl (C=O) groups is 1. The Morgan fingerprint density at radius 1 is 1.15 bits per heavy atom. The van der Waals surface area contributed by atoms with Gasteiger partial charge in [-0.2, -0.15) is 9.83 Å². The summed E-state index contributed by atoms with van der Waals surface area (Å²) in [5.74, 6) is -0.608. The smallest absolute Gasteiger partial charge is 0.340 e. The molecule has 0 amide bonds. The minimum atomic E-state index is -0.608. The van der Waals surface area contributed by atoms with E-state index in [4.69, 9.17) is 4.74 Å². The van der Waals surface area contributed by atoms with Gasteiger partial charge in [0.25, 0.3) is 5.56 Å². The highest BCUT2D eigenvalue weighted by molar-refractivity contribution is 5.99. The number of aromatic nitrogens is 2. The molecule has 6 nitrogen and oxygen atoms in total. The van der Waals surface area contributed by atoms with E-state index in [1.165, 1.54) is 7.11 Å². The van der Waals surface area contributed by atoms with Crippen LogP contribution >= 0.6 is 0 Å². The Kier molecular flexibility index (Phi) is 6.63. The Bertz CT molecular complexity index is 1040. The molecule has 136 valence electrons. The molecular formula is C20H16BrN3O3. The van der Waals surface area contributed by atoms with Crippen molar-refractivity contribution < 1.29 is 31.1 Å². The minimum Gasteiger partial charge on any atom is -1.00 e. The van der Waals surface area contributed by atoms with Crippen LogP contribution in [0.1, 0.15) is 21.6 Å². The van der Waals surface area contributed by atoms with Crippen LogP contribution in [0.4, 0.5) is 0 Å². The normalized spacial score (nSPS) is 9.78. The second kappa shape index (κ2) is 8.92. The fourth-order valence-electron chi connectivity index (χ4n) is 2.82. The van der Waals surface area contributed by atoms with Crippen LogP contribution in [0.25, 0.3) is 11.1 Å². The number of hydrogen-bond donors (Lipinski definition) is 1. The first-order valence-corrected chi connectivity index (χ1v) is 7.92. The van der Waals surface area contributed by atoms with Crippen molar-refractivity contribution in [1.29, 1.82) is 5.26 Å². The Morgan fingerprint density at radius 3 is 2.37 bits per heavy atom. The molecule has 0 aliphatic carbocycles. The Morgan fingerprint density at radius 2 is 1.78 bits per heavy atom. The molecule has 0 saturated heterocycles. The average Bonchev–Trinajstić information content (AvgIpc) is 2.68. The van der Waals surface area contributed by atoms with Crippen LogP contribution in [-0.2, 0) is 11.3 Å². The zero-order valence-corrected chi connectivity index (χ0v) is 16.1. The highest BCUT2D eigenvalue weighted by Crippen LogP contribution is 2.28. The average molecular weight is 426 g/mol. The molecule has 0 spiro atoms. The Hall–Kier alpha value is -3.24. The number of nitriles is 1. The molecule has 0 radical (unpaired) electrons. The summed E-state index contributed by atoms with van der Waals surface area (Å²) < 4.78 is 6.75. The monoisotopic (exact) mass is 425 g/mol. The molecule has 0 unspecified atom stereocenters. The van der Waals surface area contributed by atoms with Gasteiger partial charge in [-0.25, -0.2) is 4.79 Å². The number of benzene rings is 1. The van der Waals surface area contributed by atoms with Gasteiger partial charge in [-0.1, -0.05) is 36.4 Å². The first-order chi connectivity index (χ1) is 12.7. The van der Waals surface area contributed by atoms with E-state index in [2.05, 4.69) is 4.98 Å². The summed E-state index contributed by atoms with van der Waals surface area (Å²) in [4.78, 5) is 27.7. The second-order valence-corrected chi connectivity index (χ2v) is 5.57. The summed E-state index contributed by atoms with van der Waals surface area (Å²) in [6, 6.07) is 16.4. The fourth-order valence-corrected chi connectivity index (χ4v) is 2.82. The number of aromatic amines is 1. The van der Waals surface area contributed by atoms with E-state index in [1.54, 1.807) is 24.3 Å². The largest absolute Gasteiger partial charge is 1.00 e. The molecule has 3 aromatic rings. The zero-order chi connectivity index (χ0) is 18.5. The lowest BCUT2D eigenvalue weighted by Crippen LogP contribution is -3.00. The SMILES string of the molecule is COC(=O)c1c(C[n+]2ccccc2)[nH]c(=O)c(C#N)c1-c1ccccc1.[Br-]. The van der Waals surface area contributed by atoms with E-state index in [-0.39, 0.29) is 40.2 Å². The number of esters is 1. The minimum absolute atomic E-state index is 0. The third kappa shape index (κ3) is 4.13. The summed E-state index contributed by atoms with van der Waals surface area (Å²) in [6.07, 6.45) is 3.64. The fraction of sp³-hybridized carbons (Fsp3) is 0.100. The number of hydrogen-bond acceptors (Lipinski definition) is 4. The van der Waals surface area contributed by atoms with E-state index < -0.39 is 11.5 Å². The topological polar surface area (TPSA) is 86.8 Å². The maximum absolute atomic E-state index is 12.5. The highest BCUT2D eigenvalue weighted by Gasteiger charge is 2.26. The van der Waals surface area contributed by atoms with Crippen LogP contribution < -0.4 is 27.1 Å². The zero-order valence-electron chi connectivity index (χ0n) is 14.5. The van der Waals surface area contributed by atoms with E-state index >= 15 is 0 Å². The first kappa shape index (κ1) is 20.1. The third-order valence-electron chi connectivity index (χ3n) is 3.98. The molecule has 1 N–H and O–H groups in total. The third-order valence-corrected chi connectivity index (χ3v) is 3.98. The first-order valence-electron chi connectivity index (χ1n) is 7.92. The van der Waals surface area contributed by atoms with Crippen LogP contribution in [0, 0.1) is 11.3 Å². The maximum Gasteiger partial charge on any atom is 0.340 e. The van der Waals surface area contributed by atoms with Crippen molar-refractivity contribution in [1.82, 2.24) is 4.98 Å². The molecule has 27 heavy (non-hydrogen) atoms. The van der Waals surface area contributed by atoms with Crippen molar-refractivity contribution in [3.63, 3.8) is 0 Å². The summed E-state index contributed by atoms with van der Waals surface area (Å²) in [6.45, 7) is 0.256. The standard InChI is InChI=1S/C20H15N3O3.BrH/c1-26-20(25)18-16(13-23-10-6-3-7-11-23)22-19(24)15(12-21)17(18)14-8-4-2-5-9-14;/h2-11H,13H2,1H3;1H. The highest BCUT2D eigenvalue weighted by atomic mass is 79.9. The number of nitrogens with zero attached hydrogens (tertiary/aromatic N) is 2. The predicted octanol–water partition coefficient (Wildman–Crippen LogP) is -0.960. The summed E-state index contributed by atoms with van der Waals surface area (Å²) in [7, 11) is 1.27. The number of halogens is 1. The Balaban J connectivity index is 0.00000261. The van der Waals surface area contributed by atoms with E-state index in [1.807, 2.05) is 47.3 Å². The van der Waals surface area contributed by atoms with Gasteiger partial charge in [0.15, 0.2) is 18.9 Å². The molecule has 0 saturated carbocycles. The van der Waals surface area contributed by atoms with Gasteiger partial charge in [-0.3, -0.25) is 4.79 Å². The van der Waals surface area contributed by atoms with Crippen LogP contribution in [0.2, 0.25) is 0 Å². The molecule has 7 heteroatoms. The van der Waals surface area contributed by atoms with E-state index in [0.29, 0.717) is 11.3 Å². The van der Waals surface area contributed by atoms with Crippen molar-refractivity contribution in [2.45, 2.75) is 6.54 Å². The predicted molar refractivity (Wildman–Crippen MR) is 94.3 cm³/mol. The summed E-state index contributed by atoms with van der Waals surface area (Å²) >= 11 is 0. The lowest BCUT2D eigenvalue weighted by Gasteiger charge is -2.13. The molecular weight excluding hydrogens is 410 g/mol. The van der Waals surface area contributed by atoms with Gasteiger partial charge in [0.05, 0.1) is 18.4 Å². The van der Waals surface area contributed by atoms with E-state index in [9.17, 15) is 14.9 Å². The van der Waals surface area contributed by atoms with Gasteiger partial charge in [0.2, 0.25) is 0 Å². The number of methoxy groups -OCH3 is 1. The number of pyridine rings is 2. The van der Waals surface area contributed by atoms with Crippen LogP contribution in [0.3, 0.4) is 0 Å². The Labute approximate surface area is 166 Å². The maximum atomic E-state index is 12.5. The van der Waals surface area contributed by atoms with Crippen LogP contribution in [-0.4, -0.2) is 18.1 Å². The number of ether oxygens (including phenoxy) is 1. The van der Waals surface area contributed by atoms with E-state index in [0.717, 1.165) is 0 Å². The number of carbonyl (C=O) groups excluding carboxylic acids is 1. The second-order valence-electron chi connectivity index (χ2n) is 5.57. The number of H-pyrrole nitrogens is 1. The van der Waals surface area contributed by atoms with Gasteiger partial charge >= 0.3 is 5.97 Å². The van der Waals surface area contributed by atoms with Crippen molar-refractivity contribution in [3.05, 3.63) is 88.1 Å². The van der Waals surface area contributed by atoms with Crippen molar-refractivity contribution in [3.8, 4) is 17.2 Å². The van der Waals surface area contributed by atoms with Gasteiger partial charge in [0, 0.05) is 17.7 Å². The molecule has 2 heterocycles. The van der Waals surface area contributed by atoms with Crippen molar-refractivity contribution in [2.24, 2.45) is 0 Å². The number of nitrogens with one attached hydrogen (secondary N) is 1. The molecule has 0 atom stereocenters. The molecule has 3 rings (SSSR count). The van der Waals surface area contributed by atoms with Gasteiger partial charge in [-0.05, 0) is 5.56 Å². The molecule has 0 aliphatic heterocycles. The van der Waals surface area contributed by atoms with Crippen molar-refractivity contribution >= 4 is 5.97 Å². The molecule has 1 aromatic carbocycles. The van der Waals surface area contributed by atoms with Gasteiger partial charge in [0.1, 0.15) is 11.6 Å². The lowest BCUT2D eigenvalue weighted by molar-refractivity contribution is -0.688. The summed E-state index contributed by atoms with van der Waals surface area (Å²) in [5, 5.41) is 9.49. The van der Waals surface area contributed by atoms with Gasteiger partial charge < -0.3 is 26.7 Å². The van der Waals surface area contributed by atoms with Crippen molar-refractivity contribution in [2.75, 3.05) is 7.11 Å². The summed E-state index contributed by atoms with van der Waals surface area (Å²) in [5.41, 5.74) is 0.816. The van der Waals surface area contributed by atoms with Gasteiger partial charge in [-0.15, -0.1) is 0 Å². The lowest BCUT2D eigenvalue weighted by atomic mass is 9.94. The number of rotatable bonds is 4. The molecule has 0 aliphatic rings. The quantitative estimate of drug-likeness (QED) is 0.430. The van der Waals surface area contributed by atoms with Crippen LogP contribution in [0.15, 0.2) is 65.7 Å². The molecule has 0 fully saturated rings. The molecule has 2 aromatic heterocycles. The molecule has 0 bridgehead atoms. The van der Waals surface area contributed by atoms with Crippen LogP contribution in [0.5, 0.6) is 0 Å².